The molecule has 1 unspecified atom stereocenters. The lowest BCUT2D eigenvalue weighted by molar-refractivity contribution is -0.125. The number of amides is 1. The molecular weight excluding hydrogens is 244 g/mol. The fourth-order valence-corrected chi connectivity index (χ4v) is 2.13. The number of carbonyl (C=O) groups is 1. The lowest BCUT2D eigenvalue weighted by atomic mass is 10.1. The van der Waals surface area contributed by atoms with Crippen molar-refractivity contribution in [2.75, 3.05) is 26.3 Å². The standard InChI is InChI=1S/C14H20N2O3/c17-10-13(11-4-2-1-3-5-11)16-14(18)8-12-9-15-6-7-19-12/h1-5,12-13,15,17H,6-10H2,(H,16,18)/t12?,13-/m0/s1. The van der Waals surface area contributed by atoms with Crippen molar-refractivity contribution >= 4 is 5.91 Å². The van der Waals surface area contributed by atoms with E-state index in [0.29, 0.717) is 19.6 Å². The number of morpholine rings is 1. The average molecular weight is 264 g/mol. The van der Waals surface area contributed by atoms with E-state index in [2.05, 4.69) is 10.6 Å². The second kappa shape index (κ2) is 7.23. The highest BCUT2D eigenvalue weighted by Crippen LogP contribution is 2.12. The molecule has 2 atom stereocenters. The topological polar surface area (TPSA) is 70.6 Å². The van der Waals surface area contributed by atoms with Crippen LogP contribution in [0, 0.1) is 0 Å². The highest BCUT2D eigenvalue weighted by atomic mass is 16.5. The van der Waals surface area contributed by atoms with Gasteiger partial charge in [-0.05, 0) is 5.56 Å². The van der Waals surface area contributed by atoms with E-state index in [9.17, 15) is 9.90 Å². The van der Waals surface area contributed by atoms with E-state index in [0.717, 1.165) is 12.1 Å². The zero-order chi connectivity index (χ0) is 13.5. The highest BCUT2D eigenvalue weighted by Gasteiger charge is 2.19. The summed E-state index contributed by atoms with van der Waals surface area (Å²) in [7, 11) is 0. The number of aliphatic hydroxyl groups is 1. The summed E-state index contributed by atoms with van der Waals surface area (Å²) in [4.78, 5) is 11.9. The first-order valence-electron chi connectivity index (χ1n) is 6.57. The van der Waals surface area contributed by atoms with Crippen LogP contribution in [0.15, 0.2) is 30.3 Å². The lowest BCUT2D eigenvalue weighted by Crippen LogP contribution is -2.42. The van der Waals surface area contributed by atoms with Crippen LogP contribution in [0.1, 0.15) is 18.0 Å². The van der Waals surface area contributed by atoms with Crippen molar-refractivity contribution in [2.45, 2.75) is 18.6 Å². The van der Waals surface area contributed by atoms with Gasteiger partial charge in [0.2, 0.25) is 5.91 Å². The Morgan fingerprint density at radius 2 is 2.26 bits per heavy atom. The van der Waals surface area contributed by atoms with E-state index >= 15 is 0 Å². The highest BCUT2D eigenvalue weighted by molar-refractivity contribution is 5.77. The summed E-state index contributed by atoms with van der Waals surface area (Å²) in [5.74, 6) is -0.100. The van der Waals surface area contributed by atoms with Gasteiger partial charge < -0.3 is 20.5 Å². The Kier molecular flexibility index (Phi) is 5.32. The molecule has 5 heteroatoms. The van der Waals surface area contributed by atoms with Gasteiger partial charge in [0.05, 0.1) is 31.8 Å². The molecule has 2 rings (SSSR count). The minimum Gasteiger partial charge on any atom is -0.394 e. The molecule has 0 bridgehead atoms. The van der Waals surface area contributed by atoms with Crippen LogP contribution in [0.25, 0.3) is 0 Å². The van der Waals surface area contributed by atoms with Gasteiger partial charge in [-0.1, -0.05) is 30.3 Å². The number of hydrogen-bond donors (Lipinski definition) is 3. The predicted molar refractivity (Wildman–Crippen MR) is 71.6 cm³/mol. The molecule has 1 aromatic carbocycles. The van der Waals surface area contributed by atoms with E-state index in [1.165, 1.54) is 0 Å². The molecule has 1 aliphatic heterocycles. The minimum absolute atomic E-state index is 0.0798. The molecular formula is C14H20N2O3. The first kappa shape index (κ1) is 14.0. The number of nitrogens with one attached hydrogen (secondary N) is 2. The number of hydrogen-bond acceptors (Lipinski definition) is 4. The van der Waals surface area contributed by atoms with Crippen molar-refractivity contribution in [2.24, 2.45) is 0 Å². The van der Waals surface area contributed by atoms with Crippen LogP contribution >= 0.6 is 0 Å². The van der Waals surface area contributed by atoms with Crippen LogP contribution in [-0.4, -0.2) is 43.4 Å². The molecule has 0 aromatic heterocycles. The van der Waals surface area contributed by atoms with Crippen LogP contribution in [0.2, 0.25) is 0 Å². The molecule has 1 amide bonds. The molecule has 104 valence electrons. The molecule has 0 aliphatic carbocycles. The van der Waals surface area contributed by atoms with Gasteiger partial charge in [-0.2, -0.15) is 0 Å². The number of aliphatic hydroxyl groups excluding tert-OH is 1. The van der Waals surface area contributed by atoms with Gasteiger partial charge in [0, 0.05) is 13.1 Å². The SMILES string of the molecule is O=C(CC1CNCCO1)N[C@@H](CO)c1ccccc1. The third-order valence-corrected chi connectivity index (χ3v) is 3.14. The van der Waals surface area contributed by atoms with Gasteiger partial charge in [-0.25, -0.2) is 0 Å². The zero-order valence-corrected chi connectivity index (χ0v) is 10.8. The van der Waals surface area contributed by atoms with Gasteiger partial charge >= 0.3 is 0 Å². The first-order valence-corrected chi connectivity index (χ1v) is 6.57. The molecule has 1 heterocycles. The summed E-state index contributed by atoms with van der Waals surface area (Å²) in [6, 6.07) is 9.10. The molecule has 3 N–H and O–H groups in total. The van der Waals surface area contributed by atoms with Crippen LogP contribution in [0.3, 0.4) is 0 Å². The van der Waals surface area contributed by atoms with Crippen LogP contribution in [0.5, 0.6) is 0 Å². The van der Waals surface area contributed by atoms with Crippen molar-refractivity contribution in [1.29, 1.82) is 0 Å². The Labute approximate surface area is 113 Å². The Morgan fingerprint density at radius 1 is 1.47 bits per heavy atom. The number of benzene rings is 1. The second-order valence-corrected chi connectivity index (χ2v) is 4.61. The summed E-state index contributed by atoms with van der Waals surface area (Å²) < 4.78 is 5.48. The lowest BCUT2D eigenvalue weighted by Gasteiger charge is -2.24. The predicted octanol–water partition coefficient (Wildman–Crippen LogP) is 0.215. The third kappa shape index (κ3) is 4.31. The number of ether oxygens (including phenoxy) is 1. The smallest absolute Gasteiger partial charge is 0.223 e. The quantitative estimate of drug-likeness (QED) is 0.711. The summed E-state index contributed by atoms with van der Waals surface area (Å²) in [6.07, 6.45) is 0.236. The fraction of sp³-hybridized carbons (Fsp3) is 0.500. The third-order valence-electron chi connectivity index (χ3n) is 3.14. The van der Waals surface area contributed by atoms with Gasteiger partial charge in [0.1, 0.15) is 0 Å². The maximum atomic E-state index is 11.9. The van der Waals surface area contributed by atoms with Crippen LogP contribution < -0.4 is 10.6 Å². The molecule has 19 heavy (non-hydrogen) atoms. The Morgan fingerprint density at radius 3 is 2.89 bits per heavy atom. The first-order chi connectivity index (χ1) is 9.29. The van der Waals surface area contributed by atoms with Crippen molar-refractivity contribution in [3.8, 4) is 0 Å². The molecule has 1 aliphatic rings. The van der Waals surface area contributed by atoms with Gasteiger partial charge in [0.15, 0.2) is 0 Å². The average Bonchev–Trinajstić information content (AvgIpc) is 2.47. The summed E-state index contributed by atoms with van der Waals surface area (Å²) in [5, 5.41) is 15.4. The minimum atomic E-state index is -0.356. The van der Waals surface area contributed by atoms with E-state index in [1.54, 1.807) is 0 Å². The molecule has 1 aromatic rings. The van der Waals surface area contributed by atoms with Crippen molar-refractivity contribution in [3.05, 3.63) is 35.9 Å². The normalized spacial score (nSPS) is 20.8. The maximum absolute atomic E-state index is 11.9. The van der Waals surface area contributed by atoms with E-state index in [4.69, 9.17) is 4.74 Å². The Hall–Kier alpha value is -1.43. The maximum Gasteiger partial charge on any atom is 0.223 e. The summed E-state index contributed by atoms with van der Waals surface area (Å²) in [6.45, 7) is 2.06. The molecule has 0 radical (unpaired) electrons. The largest absolute Gasteiger partial charge is 0.394 e. The monoisotopic (exact) mass is 264 g/mol. The van der Waals surface area contributed by atoms with Crippen molar-refractivity contribution in [1.82, 2.24) is 10.6 Å². The van der Waals surface area contributed by atoms with Crippen LogP contribution in [0.4, 0.5) is 0 Å². The van der Waals surface area contributed by atoms with Gasteiger partial charge in [-0.3, -0.25) is 4.79 Å². The van der Waals surface area contributed by atoms with Crippen molar-refractivity contribution in [3.63, 3.8) is 0 Å². The van der Waals surface area contributed by atoms with Crippen molar-refractivity contribution < 1.29 is 14.6 Å². The fourth-order valence-electron chi connectivity index (χ4n) is 2.13. The number of carbonyl (C=O) groups excluding carboxylic acids is 1. The second-order valence-electron chi connectivity index (χ2n) is 4.61. The number of rotatable bonds is 5. The molecule has 1 fully saturated rings. The van der Waals surface area contributed by atoms with Crippen LogP contribution in [-0.2, 0) is 9.53 Å². The van der Waals surface area contributed by atoms with E-state index in [1.807, 2.05) is 30.3 Å². The zero-order valence-electron chi connectivity index (χ0n) is 10.8. The van der Waals surface area contributed by atoms with E-state index in [-0.39, 0.29) is 24.7 Å². The summed E-state index contributed by atoms with van der Waals surface area (Å²) >= 11 is 0. The van der Waals surface area contributed by atoms with Gasteiger partial charge in [0.25, 0.3) is 0 Å². The van der Waals surface area contributed by atoms with Gasteiger partial charge in [-0.15, -0.1) is 0 Å². The molecule has 0 spiro atoms. The Balaban J connectivity index is 1.85. The Bertz CT molecular complexity index is 391. The molecule has 1 saturated heterocycles. The van der Waals surface area contributed by atoms with E-state index < -0.39 is 0 Å². The molecule has 0 saturated carbocycles. The molecule has 5 nitrogen and oxygen atoms in total. The summed E-state index contributed by atoms with van der Waals surface area (Å²) in [5.41, 5.74) is 0.904.